The van der Waals surface area contributed by atoms with Gasteiger partial charge in [0.1, 0.15) is 17.3 Å². The van der Waals surface area contributed by atoms with E-state index in [4.69, 9.17) is 16.7 Å². The molecule has 0 saturated heterocycles. The number of nitrogen functional groups attached to an aromatic ring is 2. The van der Waals surface area contributed by atoms with Crippen molar-refractivity contribution in [2.45, 2.75) is 127 Å². The zero-order chi connectivity index (χ0) is 52.8. The van der Waals surface area contributed by atoms with Gasteiger partial charge in [0.05, 0.1) is 11.2 Å². The minimum absolute atomic E-state index is 0. The van der Waals surface area contributed by atoms with E-state index in [0.717, 1.165) is 37.9 Å². The molecular weight excluding hydrogens is 993 g/mol. The Balaban J connectivity index is -0.000000767. The van der Waals surface area contributed by atoms with Crippen molar-refractivity contribution >= 4 is 60.6 Å². The molecule has 2 heterocycles. The van der Waals surface area contributed by atoms with E-state index in [1.165, 1.54) is 62.6 Å². The average molecular weight is 1070 g/mol. The molecule has 69 heavy (non-hydrogen) atoms. The van der Waals surface area contributed by atoms with Crippen molar-refractivity contribution < 1.29 is 48.7 Å². The number of Topliss-reactive ketones (excluding diaryl/α,β-unsaturated/α-hetero) is 3. The molecule has 0 fully saturated rings. The molecule has 0 unspecified atom stereocenters. The maximum absolute atomic E-state index is 10.2. The van der Waals surface area contributed by atoms with Crippen LogP contribution in [0.3, 0.4) is 0 Å². The first kappa shape index (κ1) is 68.7. The SMILES string of the molecule is CC(=O)CCC(C)=O.CC(C)(O)c1cccc(N)c1.CC(C)=O.Cc1ccc(C)n1-c1cccc(Br)c1.Cc1ccc(C)n1-c1cccc(C(C)(C)O)c1.NO.Nc1cccc(Br)c1.[CH2-]CCC.[Li+]. The standard InChI is InChI=1S/C15H19NO.C12H12BrN.C9H13NO.C6H6BrN.C6H10O2.C4H9.C3H6O.Li.H3NO/c1-11-8-9-12(2)16(11)14-7-5-6-13(10-14)15(3,4)17;1-9-6-7-10(2)14(9)12-5-3-4-11(13)8-12;1-9(2,11)7-4-3-5-8(10)6-7;7-5-2-1-3-6(8)4-5;1-5(7)3-4-6(2)8;1-3-4-2;1-3(2)4;;1-2/h5-10,17H,1-4H3;3-8H,1-2H3;3-6,11H,10H2,1-2H3;1-4H,8H2;3-4H2,1-2H3;1,3-4H2,2H3;1-2H3;;2H,1H2/q;;;;;-1;;+1;. The average Bonchev–Trinajstić information content (AvgIpc) is 3.78. The number of carbonyl (C=O) groups is 3. The van der Waals surface area contributed by atoms with Crippen LogP contribution in [0.2, 0.25) is 0 Å². The fourth-order valence-corrected chi connectivity index (χ4v) is 6.37. The third-order valence-corrected chi connectivity index (χ3v) is 10.0. The summed E-state index contributed by atoms with van der Waals surface area (Å²) in [5.41, 5.74) is 19.9. The van der Waals surface area contributed by atoms with Gasteiger partial charge in [-0.1, -0.05) is 81.6 Å². The molecule has 0 bridgehead atoms. The fourth-order valence-electron chi connectivity index (χ4n) is 5.57. The summed E-state index contributed by atoms with van der Waals surface area (Å²) >= 11 is 6.77. The fraction of sp³-hybridized carbons (Fsp3) is 0.345. The van der Waals surface area contributed by atoms with Crippen LogP contribution >= 0.6 is 31.9 Å². The number of rotatable bonds is 8. The third kappa shape index (κ3) is 31.3. The summed E-state index contributed by atoms with van der Waals surface area (Å²) in [4.78, 5) is 29.8. The summed E-state index contributed by atoms with van der Waals surface area (Å²) in [6.07, 6.45) is 3.07. The Kier molecular flexibility index (Phi) is 36.2. The molecule has 0 aliphatic heterocycles. The Hall–Kier alpha value is -4.55. The van der Waals surface area contributed by atoms with Crippen LogP contribution in [0, 0.1) is 34.6 Å². The number of hydrogen-bond acceptors (Lipinski definition) is 9. The Morgan fingerprint density at radius 2 is 0.841 bits per heavy atom. The van der Waals surface area contributed by atoms with Gasteiger partial charge in [-0.15, -0.1) is 0 Å². The van der Waals surface area contributed by atoms with Crippen LogP contribution in [0.1, 0.15) is 122 Å². The number of anilines is 2. The molecule has 0 radical (unpaired) electrons. The summed E-state index contributed by atoms with van der Waals surface area (Å²) in [6.45, 7) is 27.3. The Morgan fingerprint density at radius 1 is 0.551 bits per heavy atom. The summed E-state index contributed by atoms with van der Waals surface area (Å²) in [5.74, 6) is 3.83. The molecule has 9 N–H and O–H groups in total. The van der Waals surface area contributed by atoms with Crippen molar-refractivity contribution in [3.63, 3.8) is 0 Å². The zero-order valence-electron chi connectivity index (χ0n) is 43.5. The predicted octanol–water partition coefficient (Wildman–Crippen LogP) is 10.2. The maximum Gasteiger partial charge on any atom is 1.00 e. The third-order valence-electron chi connectivity index (χ3n) is 9.04. The monoisotopic (exact) mass is 1070 g/mol. The zero-order valence-corrected chi connectivity index (χ0v) is 46.7. The number of aryl methyl sites for hydroxylation is 4. The first-order valence-electron chi connectivity index (χ1n) is 22.1. The number of aromatic nitrogens is 2. The van der Waals surface area contributed by atoms with E-state index in [0.29, 0.717) is 18.5 Å². The summed E-state index contributed by atoms with van der Waals surface area (Å²) < 4.78 is 6.57. The van der Waals surface area contributed by atoms with Crippen molar-refractivity contribution in [2.75, 3.05) is 11.5 Å². The van der Waals surface area contributed by atoms with Crippen LogP contribution in [0.15, 0.2) is 130 Å². The van der Waals surface area contributed by atoms with Gasteiger partial charge in [-0.2, -0.15) is 6.42 Å². The number of nitrogens with zero attached hydrogens (tertiary/aromatic N) is 2. The molecule has 6 aromatic rings. The first-order chi connectivity index (χ1) is 31.6. The molecule has 0 atom stereocenters. The van der Waals surface area contributed by atoms with Crippen LogP contribution in [-0.4, -0.2) is 41.9 Å². The second kappa shape index (κ2) is 36.4. The number of unbranched alkanes of at least 4 members (excludes halogenated alkanes) is 1. The Morgan fingerprint density at radius 3 is 1.10 bits per heavy atom. The minimum atomic E-state index is -0.801. The van der Waals surface area contributed by atoms with E-state index in [-0.39, 0.29) is 36.2 Å². The number of hydrogen-bond donors (Lipinski definition) is 6. The van der Waals surface area contributed by atoms with Gasteiger partial charge in [0.15, 0.2) is 0 Å². The number of nitrogens with two attached hydrogens (primary N) is 3. The topological polar surface area (TPSA) is 200 Å². The van der Waals surface area contributed by atoms with Crippen LogP contribution in [0.5, 0.6) is 0 Å². The molecular formula is C55H78Br2LiN5O6. The number of halogens is 2. The molecule has 14 heteroatoms. The van der Waals surface area contributed by atoms with Gasteiger partial charge in [-0.3, -0.25) is 0 Å². The number of benzene rings is 4. The van der Waals surface area contributed by atoms with E-state index >= 15 is 0 Å². The van der Waals surface area contributed by atoms with Crippen molar-refractivity contribution in [1.29, 1.82) is 0 Å². The normalized spacial score (nSPS) is 9.86. The Bertz CT molecular complexity index is 2310. The number of aliphatic hydroxyl groups is 2. The van der Waals surface area contributed by atoms with E-state index in [2.05, 4.69) is 137 Å². The second-order valence-corrected chi connectivity index (χ2v) is 18.7. The molecule has 11 nitrogen and oxygen atoms in total. The first-order valence-corrected chi connectivity index (χ1v) is 23.7. The van der Waals surface area contributed by atoms with E-state index in [1.807, 2.05) is 74.5 Å². The van der Waals surface area contributed by atoms with Gasteiger partial charge in [0.25, 0.3) is 0 Å². The molecule has 0 amide bonds. The summed E-state index contributed by atoms with van der Waals surface area (Å²) in [6, 6.07) is 39.7. The molecule has 0 aliphatic carbocycles. The number of ketones is 3. The number of carbonyl (C=O) groups excluding carboxylic acids is 3. The molecule has 0 aliphatic rings. The van der Waals surface area contributed by atoms with Gasteiger partial charge < -0.3 is 57.3 Å². The molecule has 374 valence electrons. The molecule has 2 aromatic heterocycles. The van der Waals surface area contributed by atoms with Crippen molar-refractivity contribution in [1.82, 2.24) is 9.13 Å². The molecule has 6 rings (SSSR count). The van der Waals surface area contributed by atoms with Crippen molar-refractivity contribution in [3.8, 4) is 11.4 Å². The van der Waals surface area contributed by atoms with Gasteiger partial charge in [0.2, 0.25) is 0 Å². The minimum Gasteiger partial charge on any atom is -0.399 e. The largest absolute Gasteiger partial charge is 1.00 e. The Labute approximate surface area is 442 Å². The van der Waals surface area contributed by atoms with Gasteiger partial charge in [-0.05, 0) is 179 Å². The molecule has 0 saturated carbocycles. The van der Waals surface area contributed by atoms with Crippen LogP contribution in [0.4, 0.5) is 11.4 Å². The van der Waals surface area contributed by atoms with Gasteiger partial charge in [0, 0.05) is 67.3 Å². The van der Waals surface area contributed by atoms with Gasteiger partial charge >= 0.3 is 18.9 Å². The van der Waals surface area contributed by atoms with Crippen molar-refractivity contribution in [2.24, 2.45) is 5.90 Å². The van der Waals surface area contributed by atoms with E-state index in [1.54, 1.807) is 26.0 Å². The van der Waals surface area contributed by atoms with Crippen molar-refractivity contribution in [3.05, 3.63) is 171 Å². The quantitative estimate of drug-likeness (QED) is 0.0372. The predicted molar refractivity (Wildman–Crippen MR) is 291 cm³/mol. The van der Waals surface area contributed by atoms with Gasteiger partial charge in [-0.25, -0.2) is 5.90 Å². The van der Waals surface area contributed by atoms with Crippen LogP contribution in [0.25, 0.3) is 11.4 Å². The van der Waals surface area contributed by atoms with Crippen LogP contribution in [-0.2, 0) is 25.6 Å². The smallest absolute Gasteiger partial charge is 0.399 e. The summed E-state index contributed by atoms with van der Waals surface area (Å²) in [5, 5.41) is 26.1. The summed E-state index contributed by atoms with van der Waals surface area (Å²) in [7, 11) is 0. The maximum atomic E-state index is 10.2. The molecule has 0 spiro atoms. The second-order valence-electron chi connectivity index (χ2n) is 16.9. The molecule has 4 aromatic carbocycles. The van der Waals surface area contributed by atoms with E-state index < -0.39 is 11.2 Å². The van der Waals surface area contributed by atoms with E-state index in [9.17, 15) is 24.6 Å². The van der Waals surface area contributed by atoms with Crippen LogP contribution < -0.4 is 36.2 Å².